The fourth-order valence-corrected chi connectivity index (χ4v) is 2.21. The fraction of sp³-hybridized carbons (Fsp3) is 0.250. The number of halogens is 1. The van der Waals surface area contributed by atoms with Crippen molar-refractivity contribution in [2.75, 3.05) is 13.1 Å². The summed E-state index contributed by atoms with van der Waals surface area (Å²) < 4.78 is 0.917. The van der Waals surface area contributed by atoms with Crippen molar-refractivity contribution in [3.8, 4) is 0 Å². The SMILES string of the molecule is C=CCN(CC)C(=O)c1ccc(Br)cc1S. The molecule has 0 aliphatic rings. The summed E-state index contributed by atoms with van der Waals surface area (Å²) in [6.45, 7) is 6.80. The zero-order valence-electron chi connectivity index (χ0n) is 9.11. The molecule has 0 aliphatic heterocycles. The Morgan fingerprint density at radius 3 is 2.81 bits per heavy atom. The van der Waals surface area contributed by atoms with Crippen LogP contribution in [0, 0.1) is 0 Å². The van der Waals surface area contributed by atoms with E-state index < -0.39 is 0 Å². The van der Waals surface area contributed by atoms with Gasteiger partial charge in [-0.05, 0) is 25.1 Å². The van der Waals surface area contributed by atoms with Crippen molar-refractivity contribution < 1.29 is 4.79 Å². The van der Waals surface area contributed by atoms with Gasteiger partial charge in [-0.15, -0.1) is 19.2 Å². The lowest BCUT2D eigenvalue weighted by molar-refractivity contribution is 0.0779. The number of hydrogen-bond donors (Lipinski definition) is 1. The number of likely N-dealkylation sites (N-methyl/N-ethyl adjacent to an activating group) is 1. The zero-order chi connectivity index (χ0) is 12.1. The topological polar surface area (TPSA) is 20.3 Å². The Bertz CT molecular complexity index is 406. The first-order valence-corrected chi connectivity index (χ1v) is 6.22. The maximum Gasteiger partial charge on any atom is 0.255 e. The Hall–Kier alpha value is -0.740. The molecule has 16 heavy (non-hydrogen) atoms. The Morgan fingerprint density at radius 1 is 1.62 bits per heavy atom. The van der Waals surface area contributed by atoms with Crippen molar-refractivity contribution in [3.05, 3.63) is 40.9 Å². The van der Waals surface area contributed by atoms with Crippen LogP contribution in [0.25, 0.3) is 0 Å². The van der Waals surface area contributed by atoms with E-state index >= 15 is 0 Å². The van der Waals surface area contributed by atoms with Gasteiger partial charge in [-0.3, -0.25) is 4.79 Å². The van der Waals surface area contributed by atoms with Crippen LogP contribution < -0.4 is 0 Å². The van der Waals surface area contributed by atoms with E-state index in [9.17, 15) is 4.79 Å². The van der Waals surface area contributed by atoms with E-state index in [-0.39, 0.29) is 5.91 Å². The summed E-state index contributed by atoms with van der Waals surface area (Å²) in [5.74, 6) is -0.0140. The van der Waals surface area contributed by atoms with Gasteiger partial charge in [0, 0.05) is 22.5 Å². The molecule has 0 fully saturated rings. The van der Waals surface area contributed by atoms with Crippen LogP contribution >= 0.6 is 28.6 Å². The van der Waals surface area contributed by atoms with Gasteiger partial charge in [0.1, 0.15) is 0 Å². The number of carbonyl (C=O) groups is 1. The maximum atomic E-state index is 12.1. The minimum atomic E-state index is -0.0140. The molecule has 0 spiro atoms. The van der Waals surface area contributed by atoms with Crippen molar-refractivity contribution in [2.45, 2.75) is 11.8 Å². The van der Waals surface area contributed by atoms with Gasteiger partial charge in [-0.2, -0.15) is 0 Å². The average molecular weight is 300 g/mol. The highest BCUT2D eigenvalue weighted by atomic mass is 79.9. The second-order valence-electron chi connectivity index (χ2n) is 3.29. The van der Waals surface area contributed by atoms with Crippen LogP contribution in [0.15, 0.2) is 40.2 Å². The van der Waals surface area contributed by atoms with Gasteiger partial charge in [-0.1, -0.05) is 22.0 Å². The minimum Gasteiger partial charge on any atom is -0.335 e. The van der Waals surface area contributed by atoms with Gasteiger partial charge in [0.15, 0.2) is 0 Å². The molecule has 0 radical (unpaired) electrons. The van der Waals surface area contributed by atoms with Crippen LogP contribution in [0.1, 0.15) is 17.3 Å². The van der Waals surface area contributed by atoms with Gasteiger partial charge >= 0.3 is 0 Å². The third-order valence-electron chi connectivity index (χ3n) is 2.21. The Morgan fingerprint density at radius 2 is 2.31 bits per heavy atom. The molecule has 4 heteroatoms. The highest BCUT2D eigenvalue weighted by Gasteiger charge is 2.15. The summed E-state index contributed by atoms with van der Waals surface area (Å²) in [7, 11) is 0. The highest BCUT2D eigenvalue weighted by Crippen LogP contribution is 2.21. The van der Waals surface area contributed by atoms with E-state index in [0.717, 1.165) is 4.47 Å². The predicted molar refractivity (Wildman–Crippen MR) is 73.2 cm³/mol. The van der Waals surface area contributed by atoms with Crippen LogP contribution in [-0.2, 0) is 0 Å². The van der Waals surface area contributed by atoms with Crippen LogP contribution in [-0.4, -0.2) is 23.9 Å². The highest BCUT2D eigenvalue weighted by molar-refractivity contribution is 9.10. The van der Waals surface area contributed by atoms with Crippen molar-refractivity contribution in [2.24, 2.45) is 0 Å². The van der Waals surface area contributed by atoms with E-state index in [0.29, 0.717) is 23.5 Å². The number of benzene rings is 1. The first-order chi connectivity index (χ1) is 7.60. The number of amides is 1. The lowest BCUT2D eigenvalue weighted by atomic mass is 10.2. The van der Waals surface area contributed by atoms with Crippen molar-refractivity contribution in [1.29, 1.82) is 0 Å². The zero-order valence-corrected chi connectivity index (χ0v) is 11.6. The molecule has 1 amide bonds. The Labute approximate surface area is 110 Å². The Kier molecular flexibility index (Phi) is 5.09. The van der Waals surface area contributed by atoms with Gasteiger partial charge in [0.25, 0.3) is 5.91 Å². The molecule has 2 nitrogen and oxygen atoms in total. The van der Waals surface area contributed by atoms with Gasteiger partial charge < -0.3 is 4.90 Å². The number of carbonyl (C=O) groups excluding carboxylic acids is 1. The van der Waals surface area contributed by atoms with Crippen molar-refractivity contribution in [3.63, 3.8) is 0 Å². The molecule has 0 atom stereocenters. The Balaban J connectivity index is 2.98. The van der Waals surface area contributed by atoms with Crippen LogP contribution in [0.4, 0.5) is 0 Å². The quantitative estimate of drug-likeness (QED) is 0.667. The molecule has 0 N–H and O–H groups in total. The largest absolute Gasteiger partial charge is 0.335 e. The van der Waals surface area contributed by atoms with Crippen LogP contribution in [0.2, 0.25) is 0 Å². The molecule has 86 valence electrons. The third kappa shape index (κ3) is 3.12. The van der Waals surface area contributed by atoms with Gasteiger partial charge in [0.2, 0.25) is 0 Å². The first kappa shape index (κ1) is 13.3. The van der Waals surface area contributed by atoms with Gasteiger partial charge in [0.05, 0.1) is 5.56 Å². The molecule has 0 bridgehead atoms. The molecular formula is C12H14BrNOS. The summed E-state index contributed by atoms with van der Waals surface area (Å²) in [5, 5.41) is 0. The normalized spacial score (nSPS) is 9.94. The molecule has 0 unspecified atom stereocenters. The number of nitrogens with zero attached hydrogens (tertiary/aromatic N) is 1. The van der Waals surface area contributed by atoms with Gasteiger partial charge in [-0.25, -0.2) is 0 Å². The summed E-state index contributed by atoms with van der Waals surface area (Å²) in [4.78, 5) is 14.5. The van der Waals surface area contributed by atoms with E-state index in [1.54, 1.807) is 17.0 Å². The van der Waals surface area contributed by atoms with E-state index in [2.05, 4.69) is 35.1 Å². The fourth-order valence-electron chi connectivity index (χ4n) is 1.37. The monoisotopic (exact) mass is 299 g/mol. The minimum absolute atomic E-state index is 0.0140. The van der Waals surface area contributed by atoms with E-state index in [1.165, 1.54) is 0 Å². The smallest absolute Gasteiger partial charge is 0.255 e. The second-order valence-corrected chi connectivity index (χ2v) is 4.69. The third-order valence-corrected chi connectivity index (χ3v) is 3.07. The molecule has 0 aromatic heterocycles. The molecule has 0 heterocycles. The summed E-state index contributed by atoms with van der Waals surface area (Å²) >= 11 is 7.65. The average Bonchev–Trinajstić information content (AvgIpc) is 2.25. The maximum absolute atomic E-state index is 12.1. The van der Waals surface area contributed by atoms with E-state index in [1.807, 2.05) is 19.1 Å². The van der Waals surface area contributed by atoms with Crippen molar-refractivity contribution >= 4 is 34.5 Å². The molecule has 0 saturated carbocycles. The summed E-state index contributed by atoms with van der Waals surface area (Å²) in [6, 6.07) is 5.44. The number of rotatable bonds is 4. The predicted octanol–water partition coefficient (Wildman–Crippen LogP) is 3.39. The summed E-state index contributed by atoms with van der Waals surface area (Å²) in [5.41, 5.74) is 0.621. The summed E-state index contributed by atoms with van der Waals surface area (Å²) in [6.07, 6.45) is 1.72. The molecule has 0 saturated heterocycles. The van der Waals surface area contributed by atoms with Crippen LogP contribution in [0.3, 0.4) is 0 Å². The molecule has 1 aromatic carbocycles. The van der Waals surface area contributed by atoms with Crippen molar-refractivity contribution in [1.82, 2.24) is 4.90 Å². The van der Waals surface area contributed by atoms with E-state index in [4.69, 9.17) is 0 Å². The molecule has 1 rings (SSSR count). The second kappa shape index (κ2) is 6.11. The lowest BCUT2D eigenvalue weighted by Crippen LogP contribution is -2.31. The lowest BCUT2D eigenvalue weighted by Gasteiger charge is -2.19. The molecular weight excluding hydrogens is 286 g/mol. The number of hydrogen-bond acceptors (Lipinski definition) is 2. The molecule has 1 aromatic rings. The number of thiol groups is 1. The molecule has 0 aliphatic carbocycles. The standard InChI is InChI=1S/C12H14BrNOS/c1-3-7-14(4-2)12(15)10-6-5-9(13)8-11(10)16/h3,5-6,8,16H,1,4,7H2,2H3. The first-order valence-electron chi connectivity index (χ1n) is 4.98. The van der Waals surface area contributed by atoms with Crippen LogP contribution in [0.5, 0.6) is 0 Å².